The van der Waals surface area contributed by atoms with Crippen molar-refractivity contribution in [2.75, 3.05) is 26.4 Å². The Kier molecular flexibility index (Phi) is 12.5. The van der Waals surface area contributed by atoms with Crippen LogP contribution in [0.2, 0.25) is 0 Å². The zero-order chi connectivity index (χ0) is 17.5. The van der Waals surface area contributed by atoms with Crippen LogP contribution in [-0.2, 0) is 18.9 Å². The standard InChI is InChI=1S/C17H28O6/c1-5-14(3)12-22-16(18)20-10-8-7-9-11-21-17(19)23-13-15(4)6-2/h3-13H2,1-2H3. The van der Waals surface area contributed by atoms with Gasteiger partial charge in [0.2, 0.25) is 0 Å². The maximum absolute atomic E-state index is 11.2. The van der Waals surface area contributed by atoms with Crippen LogP contribution in [0, 0.1) is 0 Å². The molecule has 0 amide bonds. The fourth-order valence-corrected chi connectivity index (χ4v) is 1.30. The van der Waals surface area contributed by atoms with E-state index in [0.29, 0.717) is 12.8 Å². The molecule has 0 aliphatic rings. The molecule has 0 aliphatic heterocycles. The van der Waals surface area contributed by atoms with Crippen LogP contribution in [0.5, 0.6) is 0 Å². The van der Waals surface area contributed by atoms with Crippen LogP contribution in [0.4, 0.5) is 9.59 Å². The van der Waals surface area contributed by atoms with Gasteiger partial charge in [0.25, 0.3) is 0 Å². The van der Waals surface area contributed by atoms with E-state index in [1.165, 1.54) is 0 Å². The molecule has 0 saturated carbocycles. The molecule has 0 heterocycles. The molecule has 0 aromatic rings. The molecule has 6 nitrogen and oxygen atoms in total. The van der Waals surface area contributed by atoms with Crippen molar-refractivity contribution in [3.8, 4) is 0 Å². The van der Waals surface area contributed by atoms with Crippen LogP contribution in [0.25, 0.3) is 0 Å². The summed E-state index contributed by atoms with van der Waals surface area (Å²) in [6.45, 7) is 12.3. The van der Waals surface area contributed by atoms with E-state index in [-0.39, 0.29) is 26.4 Å². The minimum atomic E-state index is -0.685. The van der Waals surface area contributed by atoms with Gasteiger partial charge < -0.3 is 18.9 Å². The van der Waals surface area contributed by atoms with Crippen LogP contribution < -0.4 is 0 Å². The first kappa shape index (κ1) is 21.0. The largest absolute Gasteiger partial charge is 0.508 e. The third-order valence-electron chi connectivity index (χ3n) is 3.02. The van der Waals surface area contributed by atoms with Gasteiger partial charge >= 0.3 is 12.3 Å². The summed E-state index contributed by atoms with van der Waals surface area (Å²) in [6.07, 6.45) is 2.28. The maximum Gasteiger partial charge on any atom is 0.508 e. The molecule has 6 heteroatoms. The minimum absolute atomic E-state index is 0.190. The number of rotatable bonds is 12. The Morgan fingerprint density at radius 2 is 1.09 bits per heavy atom. The first-order valence-corrected chi connectivity index (χ1v) is 7.91. The van der Waals surface area contributed by atoms with E-state index in [1.54, 1.807) is 0 Å². The average Bonchev–Trinajstić information content (AvgIpc) is 2.56. The first-order valence-electron chi connectivity index (χ1n) is 7.91. The summed E-state index contributed by atoms with van der Waals surface area (Å²) in [7, 11) is 0. The van der Waals surface area contributed by atoms with Gasteiger partial charge in [-0.2, -0.15) is 0 Å². The highest BCUT2D eigenvalue weighted by Gasteiger charge is 2.05. The highest BCUT2D eigenvalue weighted by Crippen LogP contribution is 2.02. The van der Waals surface area contributed by atoms with Gasteiger partial charge in [0, 0.05) is 0 Å². The van der Waals surface area contributed by atoms with Crippen LogP contribution in [-0.4, -0.2) is 38.7 Å². The molecule has 0 rings (SSSR count). The van der Waals surface area contributed by atoms with Gasteiger partial charge in [-0.1, -0.05) is 27.0 Å². The Balaban J connectivity index is 3.42. The van der Waals surface area contributed by atoms with Gasteiger partial charge in [-0.3, -0.25) is 0 Å². The number of unbranched alkanes of at least 4 members (excludes halogenated alkanes) is 2. The van der Waals surface area contributed by atoms with Crippen LogP contribution >= 0.6 is 0 Å². The molecule has 0 atom stereocenters. The lowest BCUT2D eigenvalue weighted by molar-refractivity contribution is 0.0557. The van der Waals surface area contributed by atoms with Crippen LogP contribution in [0.15, 0.2) is 24.3 Å². The monoisotopic (exact) mass is 328 g/mol. The molecular weight excluding hydrogens is 300 g/mol. The molecule has 0 spiro atoms. The molecule has 0 aliphatic carbocycles. The number of hydrogen-bond donors (Lipinski definition) is 0. The summed E-state index contributed by atoms with van der Waals surface area (Å²) in [6, 6.07) is 0. The fraction of sp³-hybridized carbons (Fsp3) is 0.647. The summed E-state index contributed by atoms with van der Waals surface area (Å²) in [5, 5.41) is 0. The molecule has 0 bridgehead atoms. The molecule has 0 fully saturated rings. The quantitative estimate of drug-likeness (QED) is 0.300. The van der Waals surface area contributed by atoms with Crippen LogP contribution in [0.3, 0.4) is 0 Å². The highest BCUT2D eigenvalue weighted by atomic mass is 16.7. The van der Waals surface area contributed by atoms with Gasteiger partial charge in [-0.25, -0.2) is 9.59 Å². The molecule has 0 aromatic carbocycles. The first-order chi connectivity index (χ1) is 11.0. The van der Waals surface area contributed by atoms with Crippen molar-refractivity contribution < 1.29 is 28.5 Å². The Hall–Kier alpha value is -1.98. The Labute approximate surface area is 138 Å². The second kappa shape index (κ2) is 13.7. The van der Waals surface area contributed by atoms with Gasteiger partial charge in [0.05, 0.1) is 13.2 Å². The smallest absolute Gasteiger partial charge is 0.434 e. The lowest BCUT2D eigenvalue weighted by Gasteiger charge is -2.08. The van der Waals surface area contributed by atoms with Gasteiger partial charge in [0.1, 0.15) is 13.2 Å². The summed E-state index contributed by atoms with van der Waals surface area (Å²) < 4.78 is 19.5. The van der Waals surface area contributed by atoms with Crippen molar-refractivity contribution in [3.63, 3.8) is 0 Å². The summed E-state index contributed by atoms with van der Waals surface area (Å²) in [5.74, 6) is 0. The van der Waals surface area contributed by atoms with Crippen molar-refractivity contribution in [2.24, 2.45) is 0 Å². The Morgan fingerprint density at radius 1 is 0.696 bits per heavy atom. The topological polar surface area (TPSA) is 71.1 Å². The summed E-state index contributed by atoms with van der Waals surface area (Å²) in [4.78, 5) is 22.4. The molecule has 0 unspecified atom stereocenters. The minimum Gasteiger partial charge on any atom is -0.434 e. The van der Waals surface area contributed by atoms with E-state index >= 15 is 0 Å². The lowest BCUT2D eigenvalue weighted by Crippen LogP contribution is -2.11. The van der Waals surface area contributed by atoms with Crippen molar-refractivity contribution in [1.82, 2.24) is 0 Å². The highest BCUT2D eigenvalue weighted by molar-refractivity contribution is 5.60. The average molecular weight is 328 g/mol. The fourth-order valence-electron chi connectivity index (χ4n) is 1.30. The summed E-state index contributed by atoms with van der Waals surface area (Å²) >= 11 is 0. The molecule has 0 saturated heterocycles. The van der Waals surface area contributed by atoms with Crippen molar-refractivity contribution in [3.05, 3.63) is 24.3 Å². The number of carbonyl (C=O) groups is 2. The zero-order valence-electron chi connectivity index (χ0n) is 14.2. The SMILES string of the molecule is C=C(CC)COC(=O)OCCCCCOC(=O)OCC(=C)CC. The van der Waals surface area contributed by atoms with Crippen LogP contribution in [0.1, 0.15) is 46.0 Å². The van der Waals surface area contributed by atoms with E-state index in [4.69, 9.17) is 18.9 Å². The molecule has 132 valence electrons. The van der Waals surface area contributed by atoms with Crippen molar-refractivity contribution >= 4 is 12.3 Å². The maximum atomic E-state index is 11.2. The van der Waals surface area contributed by atoms with E-state index in [2.05, 4.69) is 13.2 Å². The molecular formula is C17H28O6. The third-order valence-corrected chi connectivity index (χ3v) is 3.02. The van der Waals surface area contributed by atoms with Gasteiger partial charge in [-0.15, -0.1) is 0 Å². The predicted octanol–water partition coefficient (Wildman–Crippen LogP) is 4.40. The van der Waals surface area contributed by atoms with E-state index in [9.17, 15) is 9.59 Å². The lowest BCUT2D eigenvalue weighted by atomic mass is 10.2. The van der Waals surface area contributed by atoms with E-state index in [0.717, 1.165) is 30.4 Å². The number of ether oxygens (including phenoxy) is 4. The van der Waals surface area contributed by atoms with E-state index in [1.807, 2.05) is 13.8 Å². The second-order valence-electron chi connectivity index (χ2n) is 5.04. The molecule has 0 aromatic heterocycles. The third kappa shape index (κ3) is 13.4. The Morgan fingerprint density at radius 3 is 1.43 bits per heavy atom. The zero-order valence-corrected chi connectivity index (χ0v) is 14.2. The predicted molar refractivity (Wildman–Crippen MR) is 87.3 cm³/mol. The van der Waals surface area contributed by atoms with Gasteiger partial charge in [-0.05, 0) is 43.3 Å². The number of hydrogen-bond acceptors (Lipinski definition) is 6. The van der Waals surface area contributed by atoms with Crippen molar-refractivity contribution in [2.45, 2.75) is 46.0 Å². The molecule has 23 heavy (non-hydrogen) atoms. The Bertz CT molecular complexity index is 353. The van der Waals surface area contributed by atoms with Crippen molar-refractivity contribution in [1.29, 1.82) is 0 Å². The second-order valence-corrected chi connectivity index (χ2v) is 5.04. The summed E-state index contributed by atoms with van der Waals surface area (Å²) in [5.41, 5.74) is 1.68. The normalized spacial score (nSPS) is 9.83. The number of carbonyl (C=O) groups excluding carboxylic acids is 2. The van der Waals surface area contributed by atoms with E-state index < -0.39 is 12.3 Å². The van der Waals surface area contributed by atoms with Gasteiger partial charge in [0.15, 0.2) is 0 Å². The molecule has 0 N–H and O–H groups in total. The molecule has 0 radical (unpaired) electrons.